The number of carbonyl (C=O) groups is 1. The lowest BCUT2D eigenvalue weighted by atomic mass is 9.89. The van der Waals surface area contributed by atoms with Crippen LogP contribution in [0.15, 0.2) is 6.17 Å². The van der Waals surface area contributed by atoms with Crippen molar-refractivity contribution in [3.8, 4) is 0 Å². The maximum atomic E-state index is 11.8. The van der Waals surface area contributed by atoms with Crippen LogP contribution in [0.4, 0.5) is 0 Å². The highest BCUT2D eigenvalue weighted by atomic mass is 16.5. The second-order valence-corrected chi connectivity index (χ2v) is 3.69. The topological polar surface area (TPSA) is 44.1 Å². The van der Waals surface area contributed by atoms with Crippen molar-refractivity contribution < 1.29 is 16.4 Å². The number of rotatable bonds is 3. The number of aromatic nitrogens is 2. The van der Waals surface area contributed by atoms with Gasteiger partial charge in [-0.3, -0.25) is 4.79 Å². The lowest BCUT2D eigenvalue weighted by Gasteiger charge is -2.13. The SMILES string of the molecule is [2H]c1nc(C)n(C)c1C([2H])([2H])[C@@]1([2H])COC(=O)[C@@]1([2H])CC. The monoisotopic (exact) mass is 227 g/mol. The summed E-state index contributed by atoms with van der Waals surface area (Å²) < 4.78 is 47.5. The van der Waals surface area contributed by atoms with Crippen LogP contribution in [0.5, 0.6) is 0 Å². The van der Waals surface area contributed by atoms with E-state index in [-0.39, 0.29) is 18.3 Å². The van der Waals surface area contributed by atoms with Crippen molar-refractivity contribution >= 4 is 5.97 Å². The fourth-order valence-corrected chi connectivity index (χ4v) is 1.60. The first-order valence-corrected chi connectivity index (χ1v) is 5.20. The largest absolute Gasteiger partial charge is 0.465 e. The van der Waals surface area contributed by atoms with Gasteiger partial charge in [-0.25, -0.2) is 4.98 Å². The average Bonchev–Trinajstić information content (AvgIpc) is 2.80. The van der Waals surface area contributed by atoms with Gasteiger partial charge in [0.25, 0.3) is 0 Å². The van der Waals surface area contributed by atoms with E-state index in [1.165, 1.54) is 4.57 Å². The Hall–Kier alpha value is -1.32. The molecule has 1 aliphatic heterocycles. The molecule has 1 aromatic rings. The second kappa shape index (κ2) is 4.28. The molecule has 0 aliphatic carbocycles. The Bertz CT molecular complexity index is 603. The zero-order valence-electron chi connectivity index (χ0n) is 14.6. The summed E-state index contributed by atoms with van der Waals surface area (Å²) in [5, 5.41) is 0. The van der Waals surface area contributed by atoms with E-state index in [9.17, 15) is 4.79 Å². The minimum absolute atomic E-state index is 0.0426. The molecule has 0 spiro atoms. The summed E-state index contributed by atoms with van der Waals surface area (Å²) in [7, 11) is 1.55. The Balaban J connectivity index is 2.65. The number of hydrogen-bond acceptors (Lipinski definition) is 3. The van der Waals surface area contributed by atoms with Crippen LogP contribution in [0, 0.1) is 18.7 Å². The minimum atomic E-state index is -2.43. The van der Waals surface area contributed by atoms with Gasteiger partial charge in [-0.15, -0.1) is 0 Å². The van der Waals surface area contributed by atoms with E-state index < -0.39 is 30.7 Å². The Kier molecular flexibility index (Phi) is 1.72. The molecule has 1 fully saturated rings. The number of imidazole rings is 1. The molecule has 2 rings (SSSR count). The van der Waals surface area contributed by atoms with Gasteiger partial charge in [-0.2, -0.15) is 0 Å². The predicted molar refractivity (Wildman–Crippen MR) is 59.9 cm³/mol. The van der Waals surface area contributed by atoms with Gasteiger partial charge in [0.15, 0.2) is 0 Å². The zero-order chi connectivity index (χ0) is 16.2. The number of hydrogen-bond donors (Lipinski definition) is 0. The van der Waals surface area contributed by atoms with E-state index in [1.807, 2.05) is 0 Å². The highest BCUT2D eigenvalue weighted by Crippen LogP contribution is 2.28. The van der Waals surface area contributed by atoms with Gasteiger partial charge in [0.2, 0.25) is 0 Å². The molecule has 1 saturated heterocycles. The second-order valence-electron chi connectivity index (χ2n) is 3.69. The van der Waals surface area contributed by atoms with E-state index in [1.54, 1.807) is 20.9 Å². The highest BCUT2D eigenvalue weighted by molar-refractivity contribution is 5.74. The smallest absolute Gasteiger partial charge is 0.309 e. The fraction of sp³-hybridized carbons (Fsp3) is 0.667. The molecule has 0 N–H and O–H groups in total. The molecule has 16 heavy (non-hydrogen) atoms. The van der Waals surface area contributed by atoms with Crippen LogP contribution in [0.25, 0.3) is 0 Å². The molecular weight excluding hydrogens is 204 g/mol. The first-order valence-electron chi connectivity index (χ1n) is 7.70. The van der Waals surface area contributed by atoms with Crippen LogP contribution in [0.3, 0.4) is 0 Å². The lowest BCUT2D eigenvalue weighted by Crippen LogP contribution is -2.18. The van der Waals surface area contributed by atoms with E-state index in [0.717, 1.165) is 0 Å². The Morgan fingerprint density at radius 1 is 1.88 bits per heavy atom. The summed E-state index contributed by atoms with van der Waals surface area (Å²) >= 11 is 0. The maximum Gasteiger partial charge on any atom is 0.309 e. The fourth-order valence-electron chi connectivity index (χ4n) is 1.60. The number of cyclic esters (lactones) is 1. The number of ether oxygens (including phenoxy) is 1. The minimum Gasteiger partial charge on any atom is -0.465 e. The standard InChI is InChI=1S/C12H18N2O2/c1-4-11-9(7-16-12(11)15)5-10-6-13-8(2)14(10)3/h6,9,11H,4-5,7H2,1-3H3/t9-,11-/m0/s1/i5D2,6D,9D,11D. The first kappa shape index (κ1) is 6.42. The third-order valence-corrected chi connectivity index (χ3v) is 2.73. The number of nitrogens with zero attached hydrogens (tertiary/aromatic N) is 2. The van der Waals surface area contributed by atoms with E-state index in [4.69, 9.17) is 11.6 Å². The summed E-state index contributed by atoms with van der Waals surface area (Å²) in [5.41, 5.74) is -0.113. The van der Waals surface area contributed by atoms with E-state index in [0.29, 0.717) is 5.82 Å². The summed E-state index contributed by atoms with van der Waals surface area (Å²) in [6.07, 6.45) is -2.76. The van der Waals surface area contributed by atoms with Gasteiger partial charge in [-0.05, 0) is 19.7 Å². The molecule has 1 aliphatic rings. The number of carbonyl (C=O) groups excluding carboxylic acids is 1. The van der Waals surface area contributed by atoms with E-state index in [2.05, 4.69) is 4.98 Å². The molecule has 0 bridgehead atoms. The van der Waals surface area contributed by atoms with Crippen LogP contribution in [0.1, 0.15) is 31.7 Å². The Morgan fingerprint density at radius 3 is 3.19 bits per heavy atom. The van der Waals surface area contributed by atoms with Crippen LogP contribution in [-0.4, -0.2) is 22.1 Å². The van der Waals surface area contributed by atoms with Crippen LogP contribution in [0.2, 0.25) is 0 Å². The molecule has 88 valence electrons. The van der Waals surface area contributed by atoms with Gasteiger partial charge in [0, 0.05) is 30.3 Å². The summed E-state index contributed by atoms with van der Waals surface area (Å²) in [6, 6.07) is 0. The molecule has 0 aromatic carbocycles. The maximum absolute atomic E-state index is 11.8. The quantitative estimate of drug-likeness (QED) is 0.734. The summed E-state index contributed by atoms with van der Waals surface area (Å²) in [5.74, 6) is -4.61. The van der Waals surface area contributed by atoms with E-state index >= 15 is 0 Å². The van der Waals surface area contributed by atoms with Crippen molar-refractivity contribution in [2.45, 2.75) is 26.6 Å². The highest BCUT2D eigenvalue weighted by Gasteiger charge is 2.35. The third kappa shape index (κ3) is 1.84. The summed E-state index contributed by atoms with van der Waals surface area (Å²) in [4.78, 5) is 15.7. The van der Waals surface area contributed by atoms with Crippen LogP contribution >= 0.6 is 0 Å². The lowest BCUT2D eigenvalue weighted by molar-refractivity contribution is -0.141. The molecule has 4 nitrogen and oxygen atoms in total. The molecule has 2 heterocycles. The normalized spacial score (nSPS) is 39.4. The third-order valence-electron chi connectivity index (χ3n) is 2.73. The van der Waals surface area contributed by atoms with Gasteiger partial charge >= 0.3 is 5.97 Å². The first-order chi connectivity index (χ1) is 9.53. The molecule has 1 aromatic heterocycles. The van der Waals surface area contributed by atoms with Crippen LogP contribution < -0.4 is 0 Å². The molecule has 0 saturated carbocycles. The van der Waals surface area contributed by atoms with Gasteiger partial charge in [0.05, 0.1) is 13.9 Å². The van der Waals surface area contributed by atoms with Crippen molar-refractivity contribution in [1.82, 2.24) is 9.55 Å². The molecule has 0 unspecified atom stereocenters. The summed E-state index contributed by atoms with van der Waals surface area (Å²) in [6.45, 7) is 2.66. The zero-order valence-corrected chi connectivity index (χ0v) is 9.63. The number of esters is 1. The molecule has 2 atom stereocenters. The van der Waals surface area contributed by atoms with Gasteiger partial charge in [-0.1, -0.05) is 6.92 Å². The predicted octanol–water partition coefficient (Wildman–Crippen LogP) is 1.47. The van der Waals surface area contributed by atoms with Crippen molar-refractivity contribution in [3.63, 3.8) is 0 Å². The number of aryl methyl sites for hydroxylation is 1. The van der Waals surface area contributed by atoms with Crippen molar-refractivity contribution in [2.24, 2.45) is 18.8 Å². The Morgan fingerprint density at radius 2 is 2.62 bits per heavy atom. The van der Waals surface area contributed by atoms with Crippen molar-refractivity contribution in [1.29, 1.82) is 0 Å². The van der Waals surface area contributed by atoms with Gasteiger partial charge in [0.1, 0.15) is 5.82 Å². The molecular formula is C12H18N2O2. The van der Waals surface area contributed by atoms with Gasteiger partial charge < -0.3 is 9.30 Å². The Labute approximate surface area is 103 Å². The molecule has 4 heteroatoms. The molecule has 0 amide bonds. The average molecular weight is 227 g/mol. The molecule has 0 radical (unpaired) electrons. The van der Waals surface area contributed by atoms with Crippen molar-refractivity contribution in [3.05, 3.63) is 17.7 Å². The van der Waals surface area contributed by atoms with Crippen molar-refractivity contribution in [2.75, 3.05) is 6.61 Å². The van der Waals surface area contributed by atoms with Crippen LogP contribution in [-0.2, 0) is 23.0 Å².